The smallest absolute Gasteiger partial charge is 0.142 e. The van der Waals surface area contributed by atoms with E-state index in [0.29, 0.717) is 5.78 Å². The fourth-order valence-corrected chi connectivity index (χ4v) is 3.45. The van der Waals surface area contributed by atoms with Gasteiger partial charge in [-0.1, -0.05) is 74.8 Å². The third kappa shape index (κ3) is 2.83. The van der Waals surface area contributed by atoms with E-state index in [0.717, 1.165) is 5.02 Å². The van der Waals surface area contributed by atoms with Crippen molar-refractivity contribution in [3.8, 4) is 0 Å². The van der Waals surface area contributed by atoms with Crippen LogP contribution in [0.5, 0.6) is 0 Å². The molecule has 114 valence electrons. The molecule has 3 rings (SSSR count). The van der Waals surface area contributed by atoms with Gasteiger partial charge in [-0.3, -0.25) is 4.79 Å². The van der Waals surface area contributed by atoms with Crippen molar-refractivity contribution in [2.45, 2.75) is 32.6 Å². The van der Waals surface area contributed by atoms with Crippen LogP contribution < -0.4 is 0 Å². The largest absolute Gasteiger partial charge is 0.299 e. The van der Waals surface area contributed by atoms with Crippen LogP contribution in [0.3, 0.4) is 0 Å². The Morgan fingerprint density at radius 3 is 1.86 bits per heavy atom. The van der Waals surface area contributed by atoms with Gasteiger partial charge in [0.1, 0.15) is 5.78 Å². The number of hydrogen-bond acceptors (Lipinski definition) is 1. The lowest BCUT2D eigenvalue weighted by molar-refractivity contribution is -0.127. The highest BCUT2D eigenvalue weighted by atomic mass is 35.5. The summed E-state index contributed by atoms with van der Waals surface area (Å²) in [6, 6.07) is 18.3. The Morgan fingerprint density at radius 2 is 1.36 bits per heavy atom. The molecule has 0 aromatic heterocycles. The molecule has 0 saturated heterocycles. The summed E-state index contributed by atoms with van der Waals surface area (Å²) in [6.45, 7) is 6.03. The summed E-state index contributed by atoms with van der Waals surface area (Å²) in [5, 5.41) is 0.736. The van der Waals surface area contributed by atoms with Gasteiger partial charge in [0.05, 0.1) is 0 Å². The number of hydrogen-bond donors (Lipinski definition) is 0. The van der Waals surface area contributed by atoms with E-state index in [2.05, 4.69) is 24.3 Å². The molecular weight excluding hydrogens is 292 g/mol. The van der Waals surface area contributed by atoms with E-state index in [9.17, 15) is 4.79 Å². The predicted octanol–water partition coefficient (Wildman–Crippen LogP) is 5.45. The summed E-state index contributed by atoms with van der Waals surface area (Å²) < 4.78 is 0. The standard InChI is InChI=1S/C20H21ClO/c1-20(2,3)19(22)18-16(13-7-5-4-6-8-13)17(18)14-9-11-15(21)12-10-14/h4-12,16-18H,1-3H3/t16-,17+,18+/m1/s1. The lowest BCUT2D eigenvalue weighted by atomic mass is 9.86. The average molecular weight is 313 g/mol. The molecule has 1 aliphatic rings. The van der Waals surface area contributed by atoms with Crippen molar-refractivity contribution in [2.75, 3.05) is 0 Å². The van der Waals surface area contributed by atoms with Crippen molar-refractivity contribution in [1.29, 1.82) is 0 Å². The molecule has 0 bridgehead atoms. The second-order valence-electron chi connectivity index (χ2n) is 7.15. The second-order valence-corrected chi connectivity index (χ2v) is 7.59. The van der Waals surface area contributed by atoms with E-state index in [-0.39, 0.29) is 23.2 Å². The first-order valence-corrected chi connectivity index (χ1v) is 8.12. The lowest BCUT2D eigenvalue weighted by Gasteiger charge is -2.16. The molecule has 2 aromatic carbocycles. The zero-order valence-electron chi connectivity index (χ0n) is 13.2. The molecule has 1 aliphatic carbocycles. The number of carbonyl (C=O) groups excluding carboxylic acids is 1. The fourth-order valence-electron chi connectivity index (χ4n) is 3.33. The Morgan fingerprint density at radius 1 is 0.864 bits per heavy atom. The Labute approximate surface area is 137 Å². The zero-order valence-corrected chi connectivity index (χ0v) is 14.0. The summed E-state index contributed by atoms with van der Waals surface area (Å²) in [7, 11) is 0. The van der Waals surface area contributed by atoms with Crippen LogP contribution in [0.25, 0.3) is 0 Å². The number of Topliss-reactive ketones (excluding diaryl/α,β-unsaturated/α-hetero) is 1. The molecule has 0 aliphatic heterocycles. The van der Waals surface area contributed by atoms with Crippen LogP contribution in [0.4, 0.5) is 0 Å². The van der Waals surface area contributed by atoms with Crippen molar-refractivity contribution >= 4 is 17.4 Å². The van der Waals surface area contributed by atoms with Crippen LogP contribution in [-0.2, 0) is 4.79 Å². The van der Waals surface area contributed by atoms with Gasteiger partial charge >= 0.3 is 0 Å². The number of carbonyl (C=O) groups is 1. The van der Waals surface area contributed by atoms with E-state index >= 15 is 0 Å². The highest BCUT2D eigenvalue weighted by Crippen LogP contribution is 2.62. The van der Waals surface area contributed by atoms with Crippen LogP contribution in [0, 0.1) is 11.3 Å². The summed E-state index contributed by atoms with van der Waals surface area (Å²) in [5.74, 6) is 0.977. The van der Waals surface area contributed by atoms with Crippen molar-refractivity contribution in [3.63, 3.8) is 0 Å². The number of benzene rings is 2. The molecule has 1 fully saturated rings. The third-order valence-electron chi connectivity index (χ3n) is 4.50. The van der Waals surface area contributed by atoms with Crippen molar-refractivity contribution in [3.05, 3.63) is 70.7 Å². The minimum atomic E-state index is -0.307. The minimum absolute atomic E-state index is 0.0728. The van der Waals surface area contributed by atoms with Crippen LogP contribution >= 0.6 is 11.6 Å². The van der Waals surface area contributed by atoms with E-state index in [1.54, 1.807) is 0 Å². The van der Waals surface area contributed by atoms with Crippen LogP contribution in [0.2, 0.25) is 5.02 Å². The van der Waals surface area contributed by atoms with Crippen LogP contribution in [0.1, 0.15) is 43.7 Å². The summed E-state index contributed by atoms with van der Waals surface area (Å²) in [5.41, 5.74) is 2.16. The average Bonchev–Trinajstić information content (AvgIpc) is 3.22. The molecule has 0 radical (unpaired) electrons. The van der Waals surface area contributed by atoms with Gasteiger partial charge in [0.2, 0.25) is 0 Å². The van der Waals surface area contributed by atoms with Gasteiger partial charge in [0, 0.05) is 28.2 Å². The normalized spacial score (nSPS) is 24.1. The topological polar surface area (TPSA) is 17.1 Å². The lowest BCUT2D eigenvalue weighted by Crippen LogP contribution is -2.23. The fraction of sp³-hybridized carbons (Fsp3) is 0.350. The first-order valence-electron chi connectivity index (χ1n) is 7.74. The second kappa shape index (κ2) is 5.55. The maximum Gasteiger partial charge on any atom is 0.142 e. The van der Waals surface area contributed by atoms with Gasteiger partial charge in [-0.25, -0.2) is 0 Å². The molecule has 1 nitrogen and oxygen atoms in total. The van der Waals surface area contributed by atoms with Crippen LogP contribution in [0.15, 0.2) is 54.6 Å². The van der Waals surface area contributed by atoms with Gasteiger partial charge < -0.3 is 0 Å². The molecule has 0 unspecified atom stereocenters. The Hall–Kier alpha value is -1.60. The summed E-state index contributed by atoms with van der Waals surface area (Å²) in [6.07, 6.45) is 0. The maximum absolute atomic E-state index is 12.8. The van der Waals surface area contributed by atoms with E-state index < -0.39 is 0 Å². The van der Waals surface area contributed by atoms with Gasteiger partial charge in [0.25, 0.3) is 0 Å². The van der Waals surface area contributed by atoms with Gasteiger partial charge in [-0.05, 0) is 23.3 Å². The first-order chi connectivity index (χ1) is 10.4. The van der Waals surface area contributed by atoms with E-state index in [4.69, 9.17) is 11.6 Å². The highest BCUT2D eigenvalue weighted by Gasteiger charge is 2.57. The summed E-state index contributed by atoms with van der Waals surface area (Å²) >= 11 is 5.99. The Kier molecular flexibility index (Phi) is 3.86. The molecule has 2 heteroatoms. The number of ketones is 1. The predicted molar refractivity (Wildman–Crippen MR) is 91.3 cm³/mol. The van der Waals surface area contributed by atoms with Gasteiger partial charge in [0.15, 0.2) is 0 Å². The van der Waals surface area contributed by atoms with E-state index in [1.807, 2.05) is 51.1 Å². The van der Waals surface area contributed by atoms with Gasteiger partial charge in [-0.2, -0.15) is 0 Å². The Balaban J connectivity index is 1.96. The molecule has 0 heterocycles. The Bertz CT molecular complexity index is 667. The number of rotatable bonds is 3. The van der Waals surface area contributed by atoms with Gasteiger partial charge in [-0.15, -0.1) is 0 Å². The molecule has 22 heavy (non-hydrogen) atoms. The highest BCUT2D eigenvalue weighted by molar-refractivity contribution is 6.30. The van der Waals surface area contributed by atoms with E-state index in [1.165, 1.54) is 11.1 Å². The third-order valence-corrected chi connectivity index (χ3v) is 4.75. The molecule has 0 spiro atoms. The SMILES string of the molecule is CC(C)(C)C(=O)[C@@H]1[C@@H](c2ccc(Cl)cc2)[C@H]1c1ccccc1. The monoisotopic (exact) mass is 312 g/mol. The van der Waals surface area contributed by atoms with Crippen molar-refractivity contribution in [2.24, 2.45) is 11.3 Å². The first kappa shape index (κ1) is 15.3. The summed E-state index contributed by atoms with van der Waals surface area (Å²) in [4.78, 5) is 12.8. The molecule has 0 amide bonds. The van der Waals surface area contributed by atoms with Crippen LogP contribution in [-0.4, -0.2) is 5.78 Å². The van der Waals surface area contributed by atoms with Crippen molar-refractivity contribution in [1.82, 2.24) is 0 Å². The quantitative estimate of drug-likeness (QED) is 0.736. The molecule has 0 N–H and O–H groups in total. The number of halogens is 1. The molecule has 2 aromatic rings. The minimum Gasteiger partial charge on any atom is -0.299 e. The molecule has 3 atom stereocenters. The molecular formula is C20H21ClO. The molecule has 1 saturated carbocycles. The maximum atomic E-state index is 12.8. The zero-order chi connectivity index (χ0) is 15.9. The van der Waals surface area contributed by atoms with Crippen molar-refractivity contribution < 1.29 is 4.79 Å².